The molecular weight excluding hydrogens is 261 g/mol. The van der Waals surface area contributed by atoms with Crippen LogP contribution in [0.3, 0.4) is 0 Å². The molecule has 0 N–H and O–H groups in total. The summed E-state index contributed by atoms with van der Waals surface area (Å²) < 4.78 is 40.7. The molecule has 4 nitrogen and oxygen atoms in total. The number of halogens is 3. The molecular formula is C12H13F3N2O2. The number of amides is 2. The first-order valence-corrected chi connectivity index (χ1v) is 5.70. The van der Waals surface area contributed by atoms with Crippen LogP contribution in [0.1, 0.15) is 5.56 Å². The van der Waals surface area contributed by atoms with Gasteiger partial charge in [0.15, 0.2) is 0 Å². The van der Waals surface area contributed by atoms with E-state index in [2.05, 4.69) is 4.74 Å². The highest BCUT2D eigenvalue weighted by Gasteiger charge is 2.33. The van der Waals surface area contributed by atoms with Crippen LogP contribution in [0.25, 0.3) is 0 Å². The molecule has 0 radical (unpaired) electrons. The number of nitrogens with zero attached hydrogens (tertiary/aromatic N) is 2. The second kappa shape index (κ2) is 4.99. The summed E-state index contributed by atoms with van der Waals surface area (Å²) in [6.45, 7) is 1.17. The lowest BCUT2D eigenvalue weighted by Crippen LogP contribution is -2.29. The Hall–Kier alpha value is -1.92. The Kier molecular flexibility index (Phi) is 3.55. The van der Waals surface area contributed by atoms with Gasteiger partial charge in [-0.15, -0.1) is 13.2 Å². The summed E-state index contributed by atoms with van der Waals surface area (Å²) in [4.78, 5) is 14.7. The Bertz CT molecular complexity index is 476. The molecule has 104 valence electrons. The highest BCUT2D eigenvalue weighted by atomic mass is 19.4. The monoisotopic (exact) mass is 274 g/mol. The number of carbonyl (C=O) groups excluding carboxylic acids is 1. The maximum absolute atomic E-state index is 12.3. The Labute approximate surface area is 108 Å². The van der Waals surface area contributed by atoms with Crippen LogP contribution < -0.4 is 4.74 Å². The van der Waals surface area contributed by atoms with Crippen molar-refractivity contribution in [1.29, 1.82) is 0 Å². The van der Waals surface area contributed by atoms with E-state index in [-0.39, 0.29) is 18.3 Å². The van der Waals surface area contributed by atoms with E-state index in [1.54, 1.807) is 13.1 Å². The minimum absolute atomic E-state index is 0.107. The van der Waals surface area contributed by atoms with Gasteiger partial charge in [-0.1, -0.05) is 18.2 Å². The summed E-state index contributed by atoms with van der Waals surface area (Å²) in [7, 11) is 1.65. The third-order valence-corrected chi connectivity index (χ3v) is 2.86. The lowest BCUT2D eigenvalue weighted by Gasteiger charge is -2.18. The molecule has 2 rings (SSSR count). The number of carbonyl (C=O) groups is 1. The normalized spacial score (nSPS) is 16.1. The highest BCUT2D eigenvalue weighted by Crippen LogP contribution is 2.27. The van der Waals surface area contributed by atoms with E-state index in [1.807, 2.05) is 0 Å². The fourth-order valence-corrected chi connectivity index (χ4v) is 1.91. The van der Waals surface area contributed by atoms with Crippen LogP contribution in [0.5, 0.6) is 5.75 Å². The van der Waals surface area contributed by atoms with Gasteiger partial charge in [0.25, 0.3) is 0 Å². The molecule has 7 heteroatoms. The topological polar surface area (TPSA) is 32.8 Å². The average Bonchev–Trinajstić information content (AvgIpc) is 2.62. The predicted octanol–water partition coefficient (Wildman–Crippen LogP) is 2.45. The number of alkyl halides is 3. The minimum atomic E-state index is -4.73. The molecule has 1 aliphatic rings. The van der Waals surface area contributed by atoms with Gasteiger partial charge in [0.2, 0.25) is 0 Å². The fourth-order valence-electron chi connectivity index (χ4n) is 1.91. The zero-order valence-electron chi connectivity index (χ0n) is 10.3. The number of benzene rings is 1. The Morgan fingerprint density at radius 2 is 1.95 bits per heavy atom. The van der Waals surface area contributed by atoms with Gasteiger partial charge in [0.1, 0.15) is 5.75 Å². The summed E-state index contributed by atoms with van der Waals surface area (Å²) in [5.41, 5.74) is 0.337. The molecule has 0 aliphatic carbocycles. The molecule has 19 heavy (non-hydrogen) atoms. The fraction of sp³-hybridized carbons (Fsp3) is 0.417. The zero-order valence-corrected chi connectivity index (χ0v) is 10.3. The van der Waals surface area contributed by atoms with Crippen molar-refractivity contribution in [2.24, 2.45) is 0 Å². The summed E-state index contributed by atoms with van der Waals surface area (Å²) in [5.74, 6) is -0.266. The molecule has 1 saturated heterocycles. The van der Waals surface area contributed by atoms with Crippen molar-refractivity contribution >= 4 is 6.03 Å². The lowest BCUT2D eigenvalue weighted by atomic mass is 10.2. The van der Waals surface area contributed by atoms with Crippen molar-refractivity contribution in [2.45, 2.75) is 12.9 Å². The van der Waals surface area contributed by atoms with Crippen molar-refractivity contribution < 1.29 is 22.7 Å². The quantitative estimate of drug-likeness (QED) is 0.848. The van der Waals surface area contributed by atoms with Crippen molar-refractivity contribution in [3.05, 3.63) is 29.8 Å². The molecule has 1 fully saturated rings. The summed E-state index contributed by atoms with van der Waals surface area (Å²) in [5, 5.41) is 0. The van der Waals surface area contributed by atoms with Gasteiger partial charge in [-0.2, -0.15) is 0 Å². The molecule has 0 atom stereocenters. The average molecular weight is 274 g/mol. The smallest absolute Gasteiger partial charge is 0.405 e. The maximum atomic E-state index is 12.3. The highest BCUT2D eigenvalue weighted by molar-refractivity contribution is 5.76. The number of urea groups is 1. The number of para-hydroxylation sites is 1. The van der Waals surface area contributed by atoms with Crippen molar-refractivity contribution in [1.82, 2.24) is 9.80 Å². The standard InChI is InChI=1S/C12H13F3N2O2/c1-16-6-7-17(11(16)18)8-9-4-2-3-5-10(9)19-12(13,14)15/h2-5H,6-8H2,1H3. The van der Waals surface area contributed by atoms with E-state index in [0.717, 1.165) is 0 Å². The Balaban J connectivity index is 2.14. The van der Waals surface area contributed by atoms with Gasteiger partial charge in [0.05, 0.1) is 6.54 Å². The van der Waals surface area contributed by atoms with Crippen LogP contribution in [-0.4, -0.2) is 42.3 Å². The number of ether oxygens (including phenoxy) is 1. The molecule has 1 aromatic rings. The Morgan fingerprint density at radius 3 is 2.53 bits per heavy atom. The van der Waals surface area contributed by atoms with E-state index in [4.69, 9.17) is 0 Å². The number of likely N-dealkylation sites (N-methyl/N-ethyl adjacent to an activating group) is 1. The summed E-state index contributed by atoms with van der Waals surface area (Å²) in [6, 6.07) is 5.65. The van der Waals surface area contributed by atoms with Gasteiger partial charge in [0, 0.05) is 25.7 Å². The van der Waals surface area contributed by atoms with Crippen molar-refractivity contribution in [2.75, 3.05) is 20.1 Å². The van der Waals surface area contributed by atoms with E-state index in [0.29, 0.717) is 18.7 Å². The molecule has 1 aliphatic heterocycles. The van der Waals surface area contributed by atoms with Crippen LogP contribution in [0.2, 0.25) is 0 Å². The number of hydrogen-bond acceptors (Lipinski definition) is 2. The second-order valence-electron chi connectivity index (χ2n) is 4.28. The SMILES string of the molecule is CN1CCN(Cc2ccccc2OC(F)(F)F)C1=O. The third kappa shape index (κ3) is 3.30. The van der Waals surface area contributed by atoms with Gasteiger partial charge < -0.3 is 14.5 Å². The molecule has 0 saturated carbocycles. The first-order valence-electron chi connectivity index (χ1n) is 5.70. The van der Waals surface area contributed by atoms with Crippen molar-refractivity contribution in [3.63, 3.8) is 0 Å². The van der Waals surface area contributed by atoms with E-state index in [9.17, 15) is 18.0 Å². The largest absolute Gasteiger partial charge is 0.573 e. The maximum Gasteiger partial charge on any atom is 0.573 e. The third-order valence-electron chi connectivity index (χ3n) is 2.86. The van der Waals surface area contributed by atoms with Gasteiger partial charge in [-0.05, 0) is 6.07 Å². The Morgan fingerprint density at radius 1 is 1.26 bits per heavy atom. The summed E-state index contributed by atoms with van der Waals surface area (Å²) in [6.07, 6.45) is -4.73. The molecule has 0 bridgehead atoms. The van der Waals surface area contributed by atoms with Crippen LogP contribution in [0.4, 0.5) is 18.0 Å². The van der Waals surface area contributed by atoms with Gasteiger partial charge in [-0.3, -0.25) is 0 Å². The van der Waals surface area contributed by atoms with Gasteiger partial charge >= 0.3 is 12.4 Å². The minimum Gasteiger partial charge on any atom is -0.405 e. The second-order valence-corrected chi connectivity index (χ2v) is 4.28. The molecule has 0 spiro atoms. The number of hydrogen-bond donors (Lipinski definition) is 0. The molecule has 2 amide bonds. The van der Waals surface area contributed by atoms with E-state index >= 15 is 0 Å². The van der Waals surface area contributed by atoms with E-state index in [1.165, 1.54) is 28.0 Å². The first-order chi connectivity index (χ1) is 8.87. The van der Waals surface area contributed by atoms with E-state index < -0.39 is 6.36 Å². The van der Waals surface area contributed by atoms with Crippen LogP contribution in [0.15, 0.2) is 24.3 Å². The predicted molar refractivity (Wildman–Crippen MR) is 61.6 cm³/mol. The first kappa shape index (κ1) is 13.5. The summed E-state index contributed by atoms with van der Waals surface area (Å²) >= 11 is 0. The van der Waals surface area contributed by atoms with Crippen LogP contribution >= 0.6 is 0 Å². The van der Waals surface area contributed by atoms with Crippen LogP contribution in [-0.2, 0) is 6.54 Å². The molecule has 0 unspecified atom stereocenters. The molecule has 0 aromatic heterocycles. The zero-order chi connectivity index (χ0) is 14.0. The number of rotatable bonds is 3. The van der Waals surface area contributed by atoms with Crippen molar-refractivity contribution in [3.8, 4) is 5.75 Å². The lowest BCUT2D eigenvalue weighted by molar-refractivity contribution is -0.275. The van der Waals surface area contributed by atoms with Crippen LogP contribution in [0, 0.1) is 0 Å². The van der Waals surface area contributed by atoms with Gasteiger partial charge in [-0.25, -0.2) is 4.79 Å². The molecule has 1 heterocycles. The molecule has 1 aromatic carbocycles.